The summed E-state index contributed by atoms with van der Waals surface area (Å²) in [5, 5.41) is 10.5. The molecule has 5 heteroatoms. The summed E-state index contributed by atoms with van der Waals surface area (Å²) in [6, 6.07) is 0.284. The zero-order chi connectivity index (χ0) is 16.3. The third kappa shape index (κ3) is 7.68. The number of unbranched alkanes of at least 4 members (excludes halogenated alkanes) is 1. The van der Waals surface area contributed by atoms with E-state index in [4.69, 9.17) is 5.73 Å². The zero-order valence-corrected chi connectivity index (χ0v) is 14.8. The highest BCUT2D eigenvalue weighted by Gasteiger charge is 2.28. The van der Waals surface area contributed by atoms with Gasteiger partial charge >= 0.3 is 0 Å². The molecule has 0 aromatic carbocycles. The van der Waals surface area contributed by atoms with Crippen molar-refractivity contribution in [3.63, 3.8) is 0 Å². The SMILES string of the molecule is CN=CCCCNCC(C)(CC(N)C1CCCNCC1)NC. The maximum absolute atomic E-state index is 6.54. The smallest absolute Gasteiger partial charge is 0.0289 e. The van der Waals surface area contributed by atoms with Crippen molar-refractivity contribution in [2.24, 2.45) is 16.6 Å². The molecule has 3 atom stereocenters. The number of hydrogen-bond donors (Lipinski definition) is 4. The predicted octanol–water partition coefficient (Wildman–Crippen LogP) is 1.14. The van der Waals surface area contributed by atoms with E-state index < -0.39 is 0 Å². The minimum atomic E-state index is 0.0675. The summed E-state index contributed by atoms with van der Waals surface area (Å²) in [6.07, 6.45) is 8.92. The first-order chi connectivity index (χ1) is 10.6. The molecule has 22 heavy (non-hydrogen) atoms. The van der Waals surface area contributed by atoms with Crippen LogP contribution in [-0.2, 0) is 0 Å². The van der Waals surface area contributed by atoms with Crippen LogP contribution in [0.1, 0.15) is 45.4 Å². The van der Waals surface area contributed by atoms with E-state index in [1.54, 1.807) is 0 Å². The monoisotopic (exact) mass is 311 g/mol. The van der Waals surface area contributed by atoms with Gasteiger partial charge in [-0.1, -0.05) is 0 Å². The molecule has 0 aliphatic carbocycles. The van der Waals surface area contributed by atoms with Crippen molar-refractivity contribution in [2.75, 3.05) is 40.3 Å². The molecule has 1 aliphatic rings. The van der Waals surface area contributed by atoms with Gasteiger partial charge in [-0.3, -0.25) is 0 Å². The van der Waals surface area contributed by atoms with Crippen molar-refractivity contribution in [3.05, 3.63) is 0 Å². The number of rotatable bonds is 10. The summed E-state index contributed by atoms with van der Waals surface area (Å²) in [5.74, 6) is 0.656. The molecule has 1 saturated heterocycles. The van der Waals surface area contributed by atoms with Gasteiger partial charge in [-0.25, -0.2) is 0 Å². The standard InChI is InChI=1S/C17H37N5/c1-17(20-3,14-22-10-5-4-9-19-2)13-16(18)15-7-6-11-21-12-8-15/h9,15-16,20-22H,4-8,10-14,18H2,1-3H3. The van der Waals surface area contributed by atoms with Gasteiger partial charge in [0.25, 0.3) is 0 Å². The van der Waals surface area contributed by atoms with E-state index in [0.717, 1.165) is 45.4 Å². The Morgan fingerprint density at radius 1 is 1.41 bits per heavy atom. The van der Waals surface area contributed by atoms with E-state index in [-0.39, 0.29) is 11.6 Å². The molecule has 0 amide bonds. The summed E-state index contributed by atoms with van der Waals surface area (Å²) in [5.41, 5.74) is 6.60. The fourth-order valence-electron chi connectivity index (χ4n) is 3.24. The van der Waals surface area contributed by atoms with E-state index in [1.165, 1.54) is 19.3 Å². The highest BCUT2D eigenvalue weighted by atomic mass is 15.0. The van der Waals surface area contributed by atoms with Crippen LogP contribution in [0.4, 0.5) is 0 Å². The summed E-state index contributed by atoms with van der Waals surface area (Å²) in [7, 11) is 3.88. The molecule has 1 fully saturated rings. The number of hydrogen-bond acceptors (Lipinski definition) is 5. The zero-order valence-electron chi connectivity index (χ0n) is 14.8. The van der Waals surface area contributed by atoms with Crippen LogP contribution in [0.2, 0.25) is 0 Å². The van der Waals surface area contributed by atoms with Crippen LogP contribution in [0, 0.1) is 5.92 Å². The summed E-state index contributed by atoms with van der Waals surface area (Å²) in [4.78, 5) is 4.01. The van der Waals surface area contributed by atoms with Crippen molar-refractivity contribution >= 4 is 6.21 Å². The molecule has 130 valence electrons. The van der Waals surface area contributed by atoms with Gasteiger partial charge < -0.3 is 26.7 Å². The van der Waals surface area contributed by atoms with Gasteiger partial charge in [0, 0.05) is 25.2 Å². The Morgan fingerprint density at radius 3 is 2.95 bits per heavy atom. The second-order valence-electron chi connectivity index (χ2n) is 6.88. The van der Waals surface area contributed by atoms with E-state index >= 15 is 0 Å². The Balaban J connectivity index is 2.33. The predicted molar refractivity (Wildman–Crippen MR) is 96.8 cm³/mol. The van der Waals surface area contributed by atoms with Gasteiger partial charge in [0.15, 0.2) is 0 Å². The Morgan fingerprint density at radius 2 is 2.23 bits per heavy atom. The summed E-state index contributed by atoms with van der Waals surface area (Å²) >= 11 is 0. The molecule has 1 heterocycles. The largest absolute Gasteiger partial charge is 0.327 e. The molecule has 0 bridgehead atoms. The van der Waals surface area contributed by atoms with Crippen LogP contribution in [-0.4, -0.2) is 58.1 Å². The highest BCUT2D eigenvalue weighted by molar-refractivity contribution is 5.56. The molecule has 0 radical (unpaired) electrons. The molecule has 0 aromatic heterocycles. The van der Waals surface area contributed by atoms with Gasteiger partial charge in [-0.05, 0) is 84.3 Å². The fourth-order valence-corrected chi connectivity index (χ4v) is 3.24. The molecule has 0 aromatic rings. The van der Waals surface area contributed by atoms with E-state index in [9.17, 15) is 0 Å². The maximum atomic E-state index is 6.54. The van der Waals surface area contributed by atoms with Crippen LogP contribution in [0.3, 0.4) is 0 Å². The molecule has 1 rings (SSSR count). The second kappa shape index (κ2) is 11.1. The minimum absolute atomic E-state index is 0.0675. The molecular formula is C17H37N5. The van der Waals surface area contributed by atoms with Crippen molar-refractivity contribution in [1.82, 2.24) is 16.0 Å². The van der Waals surface area contributed by atoms with Gasteiger partial charge in [-0.2, -0.15) is 0 Å². The molecule has 0 spiro atoms. The average molecular weight is 312 g/mol. The Bertz CT molecular complexity index is 299. The summed E-state index contributed by atoms with van der Waals surface area (Å²) < 4.78 is 0. The highest BCUT2D eigenvalue weighted by Crippen LogP contribution is 2.22. The number of aliphatic imine (C=N–C) groups is 1. The van der Waals surface area contributed by atoms with Gasteiger partial charge in [-0.15, -0.1) is 0 Å². The van der Waals surface area contributed by atoms with Crippen LogP contribution in [0.25, 0.3) is 0 Å². The lowest BCUT2D eigenvalue weighted by atomic mass is 9.83. The lowest BCUT2D eigenvalue weighted by molar-refractivity contribution is 0.261. The molecule has 0 saturated carbocycles. The number of nitrogens with zero attached hydrogens (tertiary/aromatic N) is 1. The minimum Gasteiger partial charge on any atom is -0.327 e. The maximum Gasteiger partial charge on any atom is 0.0289 e. The van der Waals surface area contributed by atoms with Crippen LogP contribution >= 0.6 is 0 Å². The van der Waals surface area contributed by atoms with Crippen molar-refractivity contribution < 1.29 is 0 Å². The Hall–Kier alpha value is -0.490. The van der Waals surface area contributed by atoms with E-state index in [2.05, 4.69) is 27.9 Å². The topological polar surface area (TPSA) is 74.5 Å². The normalized spacial score (nSPS) is 24.1. The molecule has 1 aliphatic heterocycles. The lowest BCUT2D eigenvalue weighted by Gasteiger charge is -2.35. The third-order valence-corrected chi connectivity index (χ3v) is 4.90. The molecule has 5 N–H and O–H groups in total. The lowest BCUT2D eigenvalue weighted by Crippen LogP contribution is -2.53. The Labute approximate surface area is 136 Å². The first-order valence-electron chi connectivity index (χ1n) is 8.88. The van der Waals surface area contributed by atoms with E-state index in [0.29, 0.717) is 5.92 Å². The molecular weight excluding hydrogens is 274 g/mol. The first kappa shape index (κ1) is 19.6. The summed E-state index contributed by atoms with van der Waals surface area (Å²) in [6.45, 7) is 6.54. The van der Waals surface area contributed by atoms with Crippen molar-refractivity contribution in [1.29, 1.82) is 0 Å². The number of nitrogens with one attached hydrogen (secondary N) is 3. The second-order valence-corrected chi connectivity index (χ2v) is 6.88. The Kier molecular flexibility index (Phi) is 9.87. The quantitative estimate of drug-likeness (QED) is 0.361. The average Bonchev–Trinajstić information content (AvgIpc) is 2.80. The van der Waals surface area contributed by atoms with Crippen LogP contribution in [0.5, 0.6) is 0 Å². The van der Waals surface area contributed by atoms with Gasteiger partial charge in [0.05, 0.1) is 0 Å². The third-order valence-electron chi connectivity index (χ3n) is 4.90. The molecule has 5 nitrogen and oxygen atoms in total. The first-order valence-corrected chi connectivity index (χ1v) is 8.88. The van der Waals surface area contributed by atoms with Crippen molar-refractivity contribution in [2.45, 2.75) is 57.0 Å². The van der Waals surface area contributed by atoms with Gasteiger partial charge in [0.2, 0.25) is 0 Å². The van der Waals surface area contributed by atoms with Crippen LogP contribution in [0.15, 0.2) is 4.99 Å². The fraction of sp³-hybridized carbons (Fsp3) is 0.941. The van der Waals surface area contributed by atoms with E-state index in [1.807, 2.05) is 20.3 Å². The van der Waals surface area contributed by atoms with Gasteiger partial charge in [0.1, 0.15) is 0 Å². The van der Waals surface area contributed by atoms with Crippen LogP contribution < -0.4 is 21.7 Å². The number of nitrogens with two attached hydrogens (primary N) is 1. The van der Waals surface area contributed by atoms with Crippen molar-refractivity contribution in [3.8, 4) is 0 Å². The molecule has 3 unspecified atom stereocenters. The number of likely N-dealkylation sites (N-methyl/N-ethyl adjacent to an activating group) is 1.